The van der Waals surface area contributed by atoms with E-state index in [2.05, 4.69) is 21.8 Å². The Labute approximate surface area is 164 Å². The van der Waals surface area contributed by atoms with Crippen LogP contribution in [0.4, 0.5) is 10.1 Å². The van der Waals surface area contributed by atoms with Crippen molar-refractivity contribution < 1.29 is 18.7 Å². The highest BCUT2D eigenvalue weighted by Crippen LogP contribution is 2.42. The van der Waals surface area contributed by atoms with Gasteiger partial charge < -0.3 is 9.47 Å². The first-order valence-corrected chi connectivity index (χ1v) is 8.74. The monoisotopic (exact) mass is 397 g/mol. The van der Waals surface area contributed by atoms with Crippen LogP contribution in [0.1, 0.15) is 6.92 Å². The number of hydrogen-bond acceptors (Lipinski definition) is 5. The summed E-state index contributed by atoms with van der Waals surface area (Å²) in [4.78, 5) is 22.3. The summed E-state index contributed by atoms with van der Waals surface area (Å²) in [7, 11) is 0. The van der Waals surface area contributed by atoms with Crippen LogP contribution in [-0.2, 0) is 4.79 Å². The van der Waals surface area contributed by atoms with Crippen LogP contribution < -0.4 is 14.4 Å². The van der Waals surface area contributed by atoms with E-state index in [1.807, 2.05) is 0 Å². The van der Waals surface area contributed by atoms with Crippen molar-refractivity contribution in [3.63, 3.8) is 0 Å². The Hall–Kier alpha value is -3.37. The van der Waals surface area contributed by atoms with Crippen LogP contribution >= 0.6 is 11.6 Å². The van der Waals surface area contributed by atoms with Gasteiger partial charge >= 0.3 is 5.91 Å². The van der Waals surface area contributed by atoms with E-state index in [0.29, 0.717) is 41.2 Å². The van der Waals surface area contributed by atoms with Gasteiger partial charge in [-0.25, -0.2) is 14.4 Å². The molecule has 3 aromatic rings. The average molecular weight is 398 g/mol. The van der Waals surface area contributed by atoms with Crippen LogP contribution in [0.25, 0.3) is 10.9 Å². The molecule has 0 fully saturated rings. The normalized spacial score (nSPS) is 12.6. The van der Waals surface area contributed by atoms with E-state index < -0.39 is 5.82 Å². The number of nitrogens with zero attached hydrogens (tertiary/aromatic N) is 3. The van der Waals surface area contributed by atoms with Crippen LogP contribution in [0.2, 0.25) is 5.02 Å². The van der Waals surface area contributed by atoms with Gasteiger partial charge in [-0.1, -0.05) is 17.5 Å². The molecule has 0 spiro atoms. The molecule has 0 N–H and O–H groups in total. The number of hydrogen-bond donors (Lipinski definition) is 0. The maximum Gasteiger partial charge on any atom is 0.303 e. The summed E-state index contributed by atoms with van der Waals surface area (Å²) in [6.07, 6.45) is 1.35. The van der Waals surface area contributed by atoms with Crippen molar-refractivity contribution >= 4 is 34.1 Å². The summed E-state index contributed by atoms with van der Waals surface area (Å²) in [5.74, 6) is 5.23. The largest absolute Gasteiger partial charge is 0.489 e. The number of carbonyl (C=O) groups is 1. The van der Waals surface area contributed by atoms with E-state index in [1.165, 1.54) is 24.5 Å². The second-order valence-electron chi connectivity index (χ2n) is 5.84. The van der Waals surface area contributed by atoms with Crippen molar-refractivity contribution in [2.75, 3.05) is 18.1 Å². The van der Waals surface area contributed by atoms with E-state index in [-0.39, 0.29) is 16.8 Å². The Morgan fingerprint density at radius 1 is 1.32 bits per heavy atom. The van der Waals surface area contributed by atoms with E-state index in [1.54, 1.807) is 24.0 Å². The second kappa shape index (κ2) is 7.33. The first-order chi connectivity index (χ1) is 13.6. The number of carbonyl (C=O) groups excluding carboxylic acids is 1. The molecule has 1 aromatic heterocycles. The summed E-state index contributed by atoms with van der Waals surface area (Å²) < 4.78 is 25.1. The van der Waals surface area contributed by atoms with Gasteiger partial charge in [0.05, 0.1) is 22.8 Å². The van der Waals surface area contributed by atoms with Gasteiger partial charge in [-0.2, -0.15) is 0 Å². The third-order valence-electron chi connectivity index (χ3n) is 4.14. The standard InChI is InChI=1S/C20H13ClFN3O3/c1-2-3-17(26)25-8-9-27-19-16(25)7-6-15-18(19)20(24-11-23-15)28-12-4-5-14(22)13(21)10-12/h4-7,10-11H,8-9H2,1H3. The Kier molecular flexibility index (Phi) is 4.72. The summed E-state index contributed by atoms with van der Waals surface area (Å²) in [6, 6.07) is 7.49. The lowest BCUT2D eigenvalue weighted by Gasteiger charge is -2.29. The van der Waals surface area contributed by atoms with Crippen molar-refractivity contribution in [1.29, 1.82) is 0 Å². The molecule has 8 heteroatoms. The zero-order chi connectivity index (χ0) is 19.7. The summed E-state index contributed by atoms with van der Waals surface area (Å²) in [6.45, 7) is 2.27. The van der Waals surface area contributed by atoms with Gasteiger partial charge in [0, 0.05) is 6.07 Å². The van der Waals surface area contributed by atoms with Gasteiger partial charge in [0.2, 0.25) is 5.88 Å². The van der Waals surface area contributed by atoms with Crippen molar-refractivity contribution in [2.24, 2.45) is 0 Å². The zero-order valence-corrected chi connectivity index (χ0v) is 15.5. The molecule has 0 saturated carbocycles. The molecule has 1 aliphatic heterocycles. The lowest BCUT2D eigenvalue weighted by atomic mass is 10.1. The van der Waals surface area contributed by atoms with Crippen LogP contribution in [0.3, 0.4) is 0 Å². The molecule has 0 unspecified atom stereocenters. The molecular weight excluding hydrogens is 385 g/mol. The van der Waals surface area contributed by atoms with Crippen molar-refractivity contribution in [1.82, 2.24) is 9.97 Å². The molecule has 0 atom stereocenters. The van der Waals surface area contributed by atoms with Gasteiger partial charge in [-0.3, -0.25) is 9.69 Å². The predicted molar refractivity (Wildman–Crippen MR) is 102 cm³/mol. The molecule has 0 bridgehead atoms. The van der Waals surface area contributed by atoms with E-state index in [4.69, 9.17) is 21.1 Å². The highest BCUT2D eigenvalue weighted by atomic mass is 35.5. The van der Waals surface area contributed by atoms with Crippen LogP contribution in [-0.4, -0.2) is 29.0 Å². The number of fused-ring (bicyclic) bond motifs is 3. The number of aromatic nitrogens is 2. The predicted octanol–water partition coefficient (Wildman–Crippen LogP) is 3.96. The van der Waals surface area contributed by atoms with Gasteiger partial charge in [-0.15, -0.1) is 0 Å². The minimum absolute atomic E-state index is 0.0657. The first kappa shape index (κ1) is 18.0. The molecule has 0 saturated heterocycles. The number of halogens is 2. The molecule has 1 aliphatic rings. The molecule has 0 radical (unpaired) electrons. The van der Waals surface area contributed by atoms with Crippen LogP contribution in [0, 0.1) is 17.7 Å². The quantitative estimate of drug-likeness (QED) is 0.612. The van der Waals surface area contributed by atoms with Gasteiger partial charge in [-0.05, 0) is 37.1 Å². The third-order valence-corrected chi connectivity index (χ3v) is 4.43. The Morgan fingerprint density at radius 3 is 2.96 bits per heavy atom. The molecule has 140 valence electrons. The van der Waals surface area contributed by atoms with E-state index >= 15 is 0 Å². The van der Waals surface area contributed by atoms with Gasteiger partial charge in [0.1, 0.15) is 29.9 Å². The highest BCUT2D eigenvalue weighted by Gasteiger charge is 2.27. The third kappa shape index (κ3) is 3.19. The number of ether oxygens (including phenoxy) is 2. The Balaban J connectivity index is 1.84. The lowest BCUT2D eigenvalue weighted by Crippen LogP contribution is -2.37. The van der Waals surface area contributed by atoms with Crippen molar-refractivity contribution in [3.8, 4) is 29.2 Å². The smallest absolute Gasteiger partial charge is 0.303 e. The SMILES string of the molecule is CC#CC(=O)N1CCOc2c1ccc1ncnc(Oc3ccc(F)c(Cl)c3)c21. The highest BCUT2D eigenvalue weighted by molar-refractivity contribution is 6.30. The molecule has 6 nitrogen and oxygen atoms in total. The molecular formula is C20H13ClFN3O3. The number of benzene rings is 2. The number of rotatable bonds is 2. The fourth-order valence-corrected chi connectivity index (χ4v) is 3.09. The van der Waals surface area contributed by atoms with Crippen LogP contribution in [0.5, 0.6) is 17.4 Å². The molecule has 2 heterocycles. The first-order valence-electron chi connectivity index (χ1n) is 8.36. The maximum absolute atomic E-state index is 13.4. The fourth-order valence-electron chi connectivity index (χ4n) is 2.92. The molecule has 2 aromatic carbocycles. The summed E-state index contributed by atoms with van der Waals surface area (Å²) >= 11 is 5.83. The van der Waals surface area contributed by atoms with Crippen molar-refractivity contribution in [2.45, 2.75) is 6.92 Å². The molecule has 28 heavy (non-hydrogen) atoms. The molecule has 0 aliphatic carbocycles. The Morgan fingerprint density at radius 2 is 2.18 bits per heavy atom. The molecule has 1 amide bonds. The second-order valence-corrected chi connectivity index (χ2v) is 6.25. The number of amides is 1. The van der Waals surface area contributed by atoms with Crippen LogP contribution in [0.15, 0.2) is 36.7 Å². The van der Waals surface area contributed by atoms with E-state index in [0.717, 1.165) is 0 Å². The average Bonchev–Trinajstić information content (AvgIpc) is 2.70. The van der Waals surface area contributed by atoms with E-state index in [9.17, 15) is 9.18 Å². The number of anilines is 1. The van der Waals surface area contributed by atoms with Crippen molar-refractivity contribution in [3.05, 3.63) is 47.5 Å². The fraction of sp³-hybridized carbons (Fsp3) is 0.150. The lowest BCUT2D eigenvalue weighted by molar-refractivity contribution is -0.113. The topological polar surface area (TPSA) is 64.6 Å². The zero-order valence-electron chi connectivity index (χ0n) is 14.7. The minimum atomic E-state index is -0.548. The molecule has 4 rings (SSSR count). The van der Waals surface area contributed by atoms with Gasteiger partial charge in [0.15, 0.2) is 5.75 Å². The van der Waals surface area contributed by atoms with Gasteiger partial charge in [0.25, 0.3) is 0 Å². The Bertz CT molecular complexity index is 1160. The summed E-state index contributed by atoms with van der Waals surface area (Å²) in [5.41, 5.74) is 1.14. The summed E-state index contributed by atoms with van der Waals surface area (Å²) in [5, 5.41) is 0.437. The maximum atomic E-state index is 13.4. The minimum Gasteiger partial charge on any atom is -0.489 e.